The molecule has 1 N–H and O–H groups in total. The van der Waals surface area contributed by atoms with E-state index in [2.05, 4.69) is 10.2 Å². The first kappa shape index (κ1) is 24.1. The number of hydrogen-bond acceptors (Lipinski definition) is 5. The maximum Gasteiger partial charge on any atom is 0.333 e. The van der Waals surface area contributed by atoms with E-state index in [1.807, 2.05) is 27.8 Å². The number of esters is 1. The summed E-state index contributed by atoms with van der Waals surface area (Å²) in [6.07, 6.45) is 3.51. The zero-order valence-electron chi connectivity index (χ0n) is 18.5. The Morgan fingerprint density at radius 2 is 1.96 bits per heavy atom. The van der Waals surface area contributed by atoms with E-state index < -0.39 is 11.5 Å². The normalized spacial score (nSPS) is 19.7. The third kappa shape index (κ3) is 7.26. The molecule has 7 nitrogen and oxygen atoms in total. The molecule has 0 aromatic heterocycles. The first-order valence-corrected chi connectivity index (χ1v) is 10.0. The van der Waals surface area contributed by atoms with E-state index in [0.717, 1.165) is 19.4 Å². The highest BCUT2D eigenvalue weighted by atomic mass is 16.5. The molecule has 0 aliphatic carbocycles. The molecule has 1 fully saturated rings. The van der Waals surface area contributed by atoms with Crippen molar-refractivity contribution in [1.29, 1.82) is 0 Å². The van der Waals surface area contributed by atoms with E-state index in [1.165, 1.54) is 4.90 Å². The topological polar surface area (TPSA) is 79.0 Å². The largest absolute Gasteiger partial charge is 0.463 e. The Hall–Kier alpha value is -1.89. The lowest BCUT2D eigenvalue weighted by Gasteiger charge is -2.35. The molecule has 0 radical (unpaired) electrons. The summed E-state index contributed by atoms with van der Waals surface area (Å²) in [4.78, 5) is 41.2. The molecule has 0 spiro atoms. The van der Waals surface area contributed by atoms with Crippen molar-refractivity contribution < 1.29 is 19.1 Å². The number of piperidine rings is 1. The molecule has 0 aromatic carbocycles. The maximum absolute atomic E-state index is 13.0. The van der Waals surface area contributed by atoms with Gasteiger partial charge in [0.15, 0.2) is 0 Å². The van der Waals surface area contributed by atoms with Gasteiger partial charge in [0.2, 0.25) is 11.8 Å². The third-order valence-corrected chi connectivity index (χ3v) is 5.04. The monoisotopic (exact) mass is 395 g/mol. The fraction of sp³-hybridized carbons (Fsp3) is 0.762. The molecule has 160 valence electrons. The van der Waals surface area contributed by atoms with Crippen LogP contribution in [0.4, 0.5) is 0 Å². The number of rotatable bonds is 7. The van der Waals surface area contributed by atoms with E-state index in [4.69, 9.17) is 4.74 Å². The molecular formula is C21H37N3O4. The number of likely N-dealkylation sites (tertiary alicyclic amines) is 1. The molecule has 0 saturated carbocycles. The van der Waals surface area contributed by atoms with Crippen LogP contribution in [0.25, 0.3) is 0 Å². The Balaban J connectivity index is 2.80. The van der Waals surface area contributed by atoms with Gasteiger partial charge in [-0.1, -0.05) is 26.8 Å². The van der Waals surface area contributed by atoms with E-state index in [9.17, 15) is 14.4 Å². The lowest BCUT2D eigenvalue weighted by Crippen LogP contribution is -2.56. The number of amides is 2. The molecule has 1 saturated heterocycles. The molecule has 1 heterocycles. The molecule has 7 heteroatoms. The fourth-order valence-electron chi connectivity index (χ4n) is 3.20. The molecule has 2 unspecified atom stereocenters. The van der Waals surface area contributed by atoms with Crippen LogP contribution in [0, 0.1) is 11.3 Å². The van der Waals surface area contributed by atoms with Gasteiger partial charge in [-0.25, -0.2) is 4.79 Å². The fourth-order valence-corrected chi connectivity index (χ4v) is 3.20. The number of hydrogen-bond donors (Lipinski definition) is 1. The van der Waals surface area contributed by atoms with Gasteiger partial charge in [-0.15, -0.1) is 0 Å². The molecule has 28 heavy (non-hydrogen) atoms. The SMILES string of the molecule is CCOC(=O)/C(C)=C/CN(C)C(=O)C(NC(=O)C1CCCN(C)C1)C(C)(C)C. The number of ether oxygens (including phenoxy) is 1. The van der Waals surface area contributed by atoms with Crippen LogP contribution in [0.3, 0.4) is 0 Å². The Labute approximate surface area is 169 Å². The molecule has 1 aliphatic heterocycles. The quantitative estimate of drug-likeness (QED) is 0.526. The van der Waals surface area contributed by atoms with E-state index in [0.29, 0.717) is 18.7 Å². The van der Waals surface area contributed by atoms with Crippen molar-refractivity contribution in [3.8, 4) is 0 Å². The first-order valence-electron chi connectivity index (χ1n) is 10.0. The zero-order chi connectivity index (χ0) is 21.5. The van der Waals surface area contributed by atoms with Crippen LogP contribution in [0.5, 0.6) is 0 Å². The summed E-state index contributed by atoms with van der Waals surface area (Å²) >= 11 is 0. The van der Waals surface area contributed by atoms with Gasteiger partial charge in [-0.2, -0.15) is 0 Å². The number of carbonyl (C=O) groups excluding carboxylic acids is 3. The van der Waals surface area contributed by atoms with Crippen LogP contribution >= 0.6 is 0 Å². The highest BCUT2D eigenvalue weighted by Crippen LogP contribution is 2.23. The van der Waals surface area contributed by atoms with Gasteiger partial charge < -0.3 is 19.9 Å². The van der Waals surface area contributed by atoms with Crippen molar-refractivity contribution in [2.75, 3.05) is 40.3 Å². The van der Waals surface area contributed by atoms with Gasteiger partial charge in [-0.05, 0) is 45.7 Å². The summed E-state index contributed by atoms with van der Waals surface area (Å²) in [6, 6.07) is -0.631. The molecular weight excluding hydrogens is 358 g/mol. The zero-order valence-corrected chi connectivity index (χ0v) is 18.5. The minimum Gasteiger partial charge on any atom is -0.463 e. The van der Waals surface area contributed by atoms with Crippen LogP contribution in [-0.2, 0) is 19.1 Å². The second-order valence-corrected chi connectivity index (χ2v) is 8.74. The van der Waals surface area contributed by atoms with Crippen LogP contribution in [-0.4, -0.2) is 74.0 Å². The summed E-state index contributed by atoms with van der Waals surface area (Å²) in [6.45, 7) is 11.5. The third-order valence-electron chi connectivity index (χ3n) is 5.04. The van der Waals surface area contributed by atoms with Crippen molar-refractivity contribution in [3.63, 3.8) is 0 Å². The molecule has 2 atom stereocenters. The molecule has 1 aliphatic rings. The summed E-state index contributed by atoms with van der Waals surface area (Å²) in [5.41, 5.74) is 0.0321. The van der Waals surface area contributed by atoms with Crippen molar-refractivity contribution >= 4 is 17.8 Å². The standard InChI is InChI=1S/C21H37N3O4/c1-8-28-20(27)15(2)11-13-24(7)19(26)17(21(3,4)5)22-18(25)16-10-9-12-23(6)14-16/h11,16-17H,8-10,12-14H2,1-7H3,(H,22,25)/b15-11+. The van der Waals surface area contributed by atoms with Crippen molar-refractivity contribution in [2.24, 2.45) is 11.3 Å². The average molecular weight is 396 g/mol. The number of likely N-dealkylation sites (N-methyl/N-ethyl adjacent to an activating group) is 1. The van der Waals surface area contributed by atoms with Crippen LogP contribution in [0.15, 0.2) is 11.6 Å². The molecule has 1 rings (SSSR count). The highest BCUT2D eigenvalue weighted by molar-refractivity contribution is 5.90. The summed E-state index contributed by atoms with van der Waals surface area (Å²) in [7, 11) is 3.69. The van der Waals surface area contributed by atoms with Crippen LogP contribution in [0.1, 0.15) is 47.5 Å². The predicted molar refractivity (Wildman–Crippen MR) is 110 cm³/mol. The highest BCUT2D eigenvalue weighted by Gasteiger charge is 2.36. The first-order chi connectivity index (χ1) is 13.0. The second-order valence-electron chi connectivity index (χ2n) is 8.74. The van der Waals surface area contributed by atoms with Crippen molar-refractivity contribution in [3.05, 3.63) is 11.6 Å². The van der Waals surface area contributed by atoms with Crippen molar-refractivity contribution in [1.82, 2.24) is 15.1 Å². The van der Waals surface area contributed by atoms with E-state index in [-0.39, 0.29) is 30.2 Å². The smallest absolute Gasteiger partial charge is 0.333 e. The lowest BCUT2D eigenvalue weighted by molar-refractivity contribution is -0.140. The Bertz CT molecular complexity index is 595. The minimum absolute atomic E-state index is 0.0635. The van der Waals surface area contributed by atoms with E-state index >= 15 is 0 Å². The van der Waals surface area contributed by atoms with Crippen LogP contribution < -0.4 is 5.32 Å². The van der Waals surface area contributed by atoms with Crippen molar-refractivity contribution in [2.45, 2.75) is 53.5 Å². The molecule has 2 amide bonds. The maximum atomic E-state index is 13.0. The Morgan fingerprint density at radius 3 is 2.50 bits per heavy atom. The average Bonchev–Trinajstić information content (AvgIpc) is 2.62. The van der Waals surface area contributed by atoms with E-state index in [1.54, 1.807) is 27.0 Å². The van der Waals surface area contributed by atoms with Crippen LogP contribution in [0.2, 0.25) is 0 Å². The van der Waals surface area contributed by atoms with Gasteiger partial charge in [0.1, 0.15) is 6.04 Å². The Kier molecular flexibility index (Phi) is 9.14. The lowest BCUT2D eigenvalue weighted by atomic mass is 9.85. The summed E-state index contributed by atoms with van der Waals surface area (Å²) in [5, 5.41) is 2.99. The summed E-state index contributed by atoms with van der Waals surface area (Å²) < 4.78 is 4.95. The van der Waals surface area contributed by atoms with Gasteiger partial charge in [0.25, 0.3) is 0 Å². The number of nitrogens with zero attached hydrogens (tertiary/aromatic N) is 2. The second kappa shape index (κ2) is 10.6. The summed E-state index contributed by atoms with van der Waals surface area (Å²) in [5.74, 6) is -0.706. The predicted octanol–water partition coefficient (Wildman–Crippen LogP) is 1.83. The molecule has 0 aromatic rings. The van der Waals surface area contributed by atoms with Gasteiger partial charge in [-0.3, -0.25) is 9.59 Å². The van der Waals surface area contributed by atoms with Gasteiger partial charge >= 0.3 is 5.97 Å². The van der Waals surface area contributed by atoms with Gasteiger partial charge in [0, 0.05) is 25.7 Å². The Morgan fingerprint density at radius 1 is 1.32 bits per heavy atom. The number of carbonyl (C=O) groups is 3. The minimum atomic E-state index is -0.631. The number of nitrogens with one attached hydrogen (secondary N) is 1. The molecule has 0 bridgehead atoms. The van der Waals surface area contributed by atoms with Gasteiger partial charge in [0.05, 0.1) is 12.5 Å².